The van der Waals surface area contributed by atoms with E-state index in [1.165, 1.54) is 30.3 Å². The van der Waals surface area contributed by atoms with E-state index in [0.29, 0.717) is 30.5 Å². The molecule has 3 aliphatic rings. The van der Waals surface area contributed by atoms with Gasteiger partial charge in [0.2, 0.25) is 11.5 Å². The van der Waals surface area contributed by atoms with Gasteiger partial charge < -0.3 is 20.5 Å². The molecule has 1 atom stereocenters. The van der Waals surface area contributed by atoms with Crippen LogP contribution in [0.3, 0.4) is 0 Å². The van der Waals surface area contributed by atoms with E-state index in [1.54, 1.807) is 24.3 Å². The summed E-state index contributed by atoms with van der Waals surface area (Å²) in [6.45, 7) is -0.727. The summed E-state index contributed by atoms with van der Waals surface area (Å²) >= 11 is 0. The Kier molecular flexibility index (Phi) is 8.44. The average Bonchev–Trinajstić information content (AvgIpc) is 3.56. The molecular weight excluding hydrogens is 632 g/mol. The third-order valence-electron chi connectivity index (χ3n) is 7.05. The number of nitrogens with zero attached hydrogens (tertiary/aromatic N) is 2. The maximum Gasteiger partial charge on any atom is 0.326 e. The minimum absolute atomic E-state index is 0.0126. The maximum atomic E-state index is 11.8. The van der Waals surface area contributed by atoms with Gasteiger partial charge in [0.25, 0.3) is 11.8 Å². The van der Waals surface area contributed by atoms with E-state index < -0.39 is 32.2 Å². The Bertz CT molecular complexity index is 1960. The molecule has 3 fully saturated rings. The lowest BCUT2D eigenvalue weighted by Gasteiger charge is -2.17. The van der Waals surface area contributed by atoms with E-state index in [1.807, 2.05) is 9.44 Å². The molecule has 0 saturated carbocycles. The van der Waals surface area contributed by atoms with Gasteiger partial charge in [-0.25, -0.2) is 18.1 Å². The van der Waals surface area contributed by atoms with Crippen LogP contribution >= 0.6 is 0 Å². The number of carbonyl (C=O) groups excluding carboxylic acids is 3. The van der Waals surface area contributed by atoms with Crippen molar-refractivity contribution in [3.8, 4) is 11.5 Å². The minimum Gasteiger partial charge on any atom is -0.506 e. The van der Waals surface area contributed by atoms with Crippen molar-refractivity contribution in [1.29, 1.82) is 0 Å². The zero-order valence-corrected chi connectivity index (χ0v) is 25.0. The number of nitrogens with one attached hydrogen (secondary N) is 4. The summed E-state index contributed by atoms with van der Waals surface area (Å²) in [5, 5.41) is 23.0. The highest BCUT2D eigenvalue weighted by molar-refractivity contribution is 7.92. The van der Waals surface area contributed by atoms with Gasteiger partial charge in [-0.15, -0.1) is 0 Å². The van der Waals surface area contributed by atoms with Crippen LogP contribution in [0.25, 0.3) is 0 Å². The molecule has 3 aromatic rings. The van der Waals surface area contributed by atoms with Gasteiger partial charge in [-0.2, -0.15) is 16.8 Å². The number of hydrogen-bond donors (Lipinski definition) is 6. The number of rotatable bonds is 6. The molecule has 238 valence electrons. The van der Waals surface area contributed by atoms with Crippen molar-refractivity contribution in [3.63, 3.8) is 0 Å². The number of H-pyrrole nitrogens is 1. The van der Waals surface area contributed by atoms with Gasteiger partial charge in [-0.1, -0.05) is 18.2 Å². The molecular formula is C27H28N6O10S2. The van der Waals surface area contributed by atoms with Crippen LogP contribution < -0.4 is 28.9 Å². The number of benzene rings is 2. The SMILES string of the molecule is O=C1CCC(Cc2ccc(N3CC(=O)NS3(=O)=O)c(O)c2)N1.O=C1CN(c2ccc(Cc3cccc(=O)[nH]3)cc2O)S(=O)(=O)N1. The Balaban J connectivity index is 0.000000178. The molecule has 3 amide bonds. The Hall–Kier alpha value is -5.10. The Morgan fingerprint density at radius 2 is 1.29 bits per heavy atom. The monoisotopic (exact) mass is 660 g/mol. The van der Waals surface area contributed by atoms with Crippen molar-refractivity contribution in [2.45, 2.75) is 31.7 Å². The van der Waals surface area contributed by atoms with E-state index in [2.05, 4.69) is 10.3 Å². The fraction of sp³-hybridized carbons (Fsp3) is 0.259. The third-order valence-corrected chi connectivity index (χ3v) is 9.83. The highest BCUT2D eigenvalue weighted by Gasteiger charge is 2.36. The number of aromatic hydroxyl groups is 2. The number of amides is 3. The minimum atomic E-state index is -3.96. The normalized spacial score (nSPS) is 19.8. The predicted molar refractivity (Wildman–Crippen MR) is 160 cm³/mol. The number of pyridine rings is 1. The number of aromatic amines is 1. The van der Waals surface area contributed by atoms with E-state index >= 15 is 0 Å². The van der Waals surface area contributed by atoms with Gasteiger partial charge in [0.1, 0.15) is 24.6 Å². The molecule has 1 aromatic heterocycles. The first kappa shape index (κ1) is 31.3. The number of aromatic nitrogens is 1. The van der Waals surface area contributed by atoms with Gasteiger partial charge in [0.05, 0.1) is 11.4 Å². The zero-order valence-electron chi connectivity index (χ0n) is 23.4. The fourth-order valence-corrected chi connectivity index (χ4v) is 7.38. The molecule has 16 nitrogen and oxygen atoms in total. The number of hydrogen-bond acceptors (Lipinski definition) is 10. The van der Waals surface area contributed by atoms with Gasteiger partial charge in [0.15, 0.2) is 0 Å². The fourth-order valence-electron chi connectivity index (χ4n) is 5.05. The molecule has 6 rings (SSSR count). The molecule has 2 aromatic carbocycles. The highest BCUT2D eigenvalue weighted by atomic mass is 32.2. The first-order valence-electron chi connectivity index (χ1n) is 13.5. The van der Waals surface area contributed by atoms with Crippen molar-refractivity contribution < 1.29 is 41.4 Å². The Labute approximate surface area is 257 Å². The van der Waals surface area contributed by atoms with Gasteiger partial charge in [-0.3, -0.25) is 19.2 Å². The topological polar surface area (TPSA) is 235 Å². The lowest BCUT2D eigenvalue weighted by molar-refractivity contribution is -0.119. The second-order valence-electron chi connectivity index (χ2n) is 10.4. The summed E-state index contributed by atoms with van der Waals surface area (Å²) in [5.74, 6) is -1.77. The number of phenolic OH excluding ortho intramolecular Hbond substituents is 2. The summed E-state index contributed by atoms with van der Waals surface area (Å²) in [5.41, 5.74) is 1.98. The largest absolute Gasteiger partial charge is 0.506 e. The summed E-state index contributed by atoms with van der Waals surface area (Å²) < 4.78 is 52.4. The lowest BCUT2D eigenvalue weighted by atomic mass is 10.0. The summed E-state index contributed by atoms with van der Waals surface area (Å²) in [4.78, 5) is 47.6. The number of carbonyl (C=O) groups is 3. The van der Waals surface area contributed by atoms with Crippen molar-refractivity contribution in [3.05, 3.63) is 81.8 Å². The molecule has 1 unspecified atom stereocenters. The first-order valence-corrected chi connectivity index (χ1v) is 16.4. The quantitative estimate of drug-likeness (QED) is 0.193. The third kappa shape index (κ3) is 7.18. The molecule has 6 N–H and O–H groups in total. The molecule has 0 aliphatic carbocycles. The van der Waals surface area contributed by atoms with Gasteiger partial charge >= 0.3 is 20.4 Å². The Morgan fingerprint density at radius 3 is 1.76 bits per heavy atom. The van der Waals surface area contributed by atoms with Crippen LogP contribution in [0.5, 0.6) is 11.5 Å². The van der Waals surface area contributed by atoms with E-state index in [4.69, 9.17) is 0 Å². The average molecular weight is 661 g/mol. The van der Waals surface area contributed by atoms with Crippen LogP contribution in [0.15, 0.2) is 59.4 Å². The van der Waals surface area contributed by atoms with Crippen molar-refractivity contribution in [2.24, 2.45) is 0 Å². The lowest BCUT2D eigenvalue weighted by Crippen LogP contribution is -2.29. The molecule has 0 spiro atoms. The van der Waals surface area contributed by atoms with Crippen LogP contribution in [0.1, 0.15) is 29.7 Å². The summed E-state index contributed by atoms with van der Waals surface area (Å²) in [6.07, 6.45) is 2.16. The standard InChI is InChI=1S/C14H13N3O5S.C13H15N3O5S/c18-12-7-9(6-10-2-1-3-13(19)15-10)4-5-11(12)17-8-14(20)16-23(17,21)22;17-11-6-8(5-9-2-4-12(18)14-9)1-3-10(11)16-7-13(19)15-22(16,20)21/h1-5,7,18H,6,8H2,(H,15,19)(H,16,20);1,3,6,9,17H,2,4-5,7H2,(H,14,18)(H,15,19). The van der Waals surface area contributed by atoms with Crippen LogP contribution in [0.4, 0.5) is 11.4 Å². The highest BCUT2D eigenvalue weighted by Crippen LogP contribution is 2.33. The molecule has 4 heterocycles. The van der Waals surface area contributed by atoms with Crippen LogP contribution in [0, 0.1) is 0 Å². The van der Waals surface area contributed by atoms with Gasteiger partial charge in [-0.05, 0) is 54.3 Å². The number of phenols is 2. The second kappa shape index (κ2) is 12.1. The van der Waals surface area contributed by atoms with Crippen molar-refractivity contribution >= 4 is 49.5 Å². The molecule has 3 saturated heterocycles. The van der Waals surface area contributed by atoms with Crippen LogP contribution in [0.2, 0.25) is 0 Å². The molecule has 45 heavy (non-hydrogen) atoms. The first-order chi connectivity index (χ1) is 21.2. The molecule has 0 radical (unpaired) electrons. The van der Waals surface area contributed by atoms with Crippen LogP contribution in [-0.4, -0.2) is 68.9 Å². The number of anilines is 2. The van der Waals surface area contributed by atoms with E-state index in [-0.39, 0.29) is 53.5 Å². The molecule has 3 aliphatic heterocycles. The summed E-state index contributed by atoms with van der Waals surface area (Å²) in [7, 11) is -7.90. The van der Waals surface area contributed by atoms with Gasteiger partial charge in [0, 0.05) is 30.6 Å². The van der Waals surface area contributed by atoms with E-state index in [0.717, 1.165) is 20.6 Å². The Morgan fingerprint density at radius 1 is 0.733 bits per heavy atom. The maximum absolute atomic E-state index is 11.8. The van der Waals surface area contributed by atoms with Crippen molar-refractivity contribution in [2.75, 3.05) is 21.7 Å². The zero-order chi connectivity index (χ0) is 32.5. The molecule has 18 heteroatoms. The predicted octanol–water partition coefficient (Wildman–Crippen LogP) is -0.753. The smallest absolute Gasteiger partial charge is 0.326 e. The van der Waals surface area contributed by atoms with Crippen molar-refractivity contribution in [1.82, 2.24) is 19.7 Å². The molecule has 0 bridgehead atoms. The van der Waals surface area contributed by atoms with Crippen LogP contribution in [-0.2, 0) is 47.6 Å². The van der Waals surface area contributed by atoms with E-state index in [9.17, 15) is 46.2 Å². The summed E-state index contributed by atoms with van der Waals surface area (Å²) in [6, 6.07) is 13.8. The second-order valence-corrected chi connectivity index (χ2v) is 13.6.